The minimum Gasteiger partial charge on any atom is -0.456 e. The molecule has 1 unspecified atom stereocenters. The van der Waals surface area contributed by atoms with E-state index in [0.717, 1.165) is 30.0 Å². The van der Waals surface area contributed by atoms with E-state index in [1.807, 2.05) is 29.2 Å². The van der Waals surface area contributed by atoms with Crippen LogP contribution in [0.25, 0.3) is 0 Å². The number of hydrogen-bond acceptors (Lipinski definition) is 3. The molecule has 27 heavy (non-hydrogen) atoms. The maximum atomic E-state index is 12.2. The normalized spacial score (nSPS) is 18.4. The second kappa shape index (κ2) is 7.62. The lowest BCUT2D eigenvalue weighted by Gasteiger charge is -2.34. The minimum absolute atomic E-state index is 0.0366. The number of amides is 1. The fourth-order valence-corrected chi connectivity index (χ4v) is 3.65. The standard InChI is InChI=1S/C23H22N2O2/c1-2-23(26)25-15-18-10-11-19(27-20-9-6-12-24-14-20)13-21(18)22(16-25)17-7-4-3-5-8-17/h2-5,7-11,13-14,22H,1,6,12,15-16H2. The number of dihydropyridines is 1. The van der Waals surface area contributed by atoms with Crippen LogP contribution < -0.4 is 4.74 Å². The number of ether oxygens (including phenoxy) is 1. The Bertz CT molecular complexity index is 915. The van der Waals surface area contributed by atoms with Crippen LogP contribution in [0.3, 0.4) is 0 Å². The number of aliphatic imine (C=N–C) groups is 1. The molecule has 2 aliphatic heterocycles. The molecule has 0 saturated carbocycles. The summed E-state index contributed by atoms with van der Waals surface area (Å²) in [5.74, 6) is 1.66. The molecule has 0 aromatic heterocycles. The van der Waals surface area contributed by atoms with Gasteiger partial charge in [0.15, 0.2) is 0 Å². The summed E-state index contributed by atoms with van der Waals surface area (Å²) < 4.78 is 6.02. The number of carbonyl (C=O) groups is 1. The van der Waals surface area contributed by atoms with Crippen LogP contribution in [0.5, 0.6) is 5.75 Å². The molecular weight excluding hydrogens is 336 g/mol. The van der Waals surface area contributed by atoms with Crippen LogP contribution in [-0.4, -0.2) is 30.1 Å². The minimum atomic E-state index is -0.0366. The maximum absolute atomic E-state index is 12.2. The van der Waals surface area contributed by atoms with Crippen LogP contribution in [0.2, 0.25) is 0 Å². The monoisotopic (exact) mass is 358 g/mol. The molecule has 2 aromatic rings. The van der Waals surface area contributed by atoms with Gasteiger partial charge in [-0.2, -0.15) is 0 Å². The fraction of sp³-hybridized carbons (Fsp3) is 0.217. The van der Waals surface area contributed by atoms with Crippen LogP contribution >= 0.6 is 0 Å². The third-order valence-electron chi connectivity index (χ3n) is 5.00. The van der Waals surface area contributed by atoms with Gasteiger partial charge in [-0.05, 0) is 47.4 Å². The van der Waals surface area contributed by atoms with E-state index in [4.69, 9.17) is 4.74 Å². The third-order valence-corrected chi connectivity index (χ3v) is 5.00. The molecule has 2 aromatic carbocycles. The van der Waals surface area contributed by atoms with Gasteiger partial charge in [-0.3, -0.25) is 9.79 Å². The van der Waals surface area contributed by atoms with Gasteiger partial charge in [0.2, 0.25) is 5.91 Å². The Balaban J connectivity index is 1.70. The van der Waals surface area contributed by atoms with Crippen molar-refractivity contribution in [3.8, 4) is 5.75 Å². The SMILES string of the molecule is C=CC(=O)N1Cc2ccc(OC3=CCCN=C3)cc2C(c2ccccc2)C1. The zero-order valence-electron chi connectivity index (χ0n) is 15.2. The highest BCUT2D eigenvalue weighted by Crippen LogP contribution is 2.36. The average molecular weight is 358 g/mol. The van der Waals surface area contributed by atoms with E-state index in [-0.39, 0.29) is 11.8 Å². The van der Waals surface area contributed by atoms with Crippen LogP contribution in [-0.2, 0) is 11.3 Å². The molecule has 0 radical (unpaired) electrons. The van der Waals surface area contributed by atoms with Gasteiger partial charge in [-0.25, -0.2) is 0 Å². The van der Waals surface area contributed by atoms with Crippen molar-refractivity contribution in [2.45, 2.75) is 18.9 Å². The summed E-state index contributed by atoms with van der Waals surface area (Å²) in [5.41, 5.74) is 3.54. The smallest absolute Gasteiger partial charge is 0.246 e. The molecule has 1 atom stereocenters. The largest absolute Gasteiger partial charge is 0.456 e. The molecule has 136 valence electrons. The molecule has 4 nitrogen and oxygen atoms in total. The molecule has 0 aliphatic carbocycles. The van der Waals surface area contributed by atoms with Crippen molar-refractivity contribution in [3.05, 3.63) is 89.7 Å². The van der Waals surface area contributed by atoms with Crippen LogP contribution in [0.15, 0.2) is 78.0 Å². The van der Waals surface area contributed by atoms with E-state index in [1.165, 1.54) is 17.2 Å². The quantitative estimate of drug-likeness (QED) is 0.773. The second-order valence-electron chi connectivity index (χ2n) is 6.78. The molecule has 1 amide bonds. The Labute approximate surface area is 159 Å². The van der Waals surface area contributed by atoms with Gasteiger partial charge in [0.25, 0.3) is 0 Å². The first-order chi connectivity index (χ1) is 13.2. The van der Waals surface area contributed by atoms with Gasteiger partial charge in [-0.15, -0.1) is 0 Å². The highest BCUT2D eigenvalue weighted by molar-refractivity contribution is 5.87. The first-order valence-corrected chi connectivity index (χ1v) is 9.21. The van der Waals surface area contributed by atoms with Crippen molar-refractivity contribution in [2.75, 3.05) is 13.1 Å². The molecule has 4 rings (SSSR count). The molecular formula is C23H22N2O2. The van der Waals surface area contributed by atoms with Gasteiger partial charge in [0, 0.05) is 25.6 Å². The lowest BCUT2D eigenvalue weighted by molar-refractivity contribution is -0.127. The van der Waals surface area contributed by atoms with E-state index >= 15 is 0 Å². The first-order valence-electron chi connectivity index (χ1n) is 9.21. The Morgan fingerprint density at radius 1 is 1.22 bits per heavy atom. The zero-order valence-corrected chi connectivity index (χ0v) is 15.2. The molecule has 0 spiro atoms. The topological polar surface area (TPSA) is 41.9 Å². The highest BCUT2D eigenvalue weighted by Gasteiger charge is 2.28. The fourth-order valence-electron chi connectivity index (χ4n) is 3.65. The molecule has 0 bridgehead atoms. The number of nitrogens with zero attached hydrogens (tertiary/aromatic N) is 2. The van der Waals surface area contributed by atoms with Crippen molar-refractivity contribution < 1.29 is 9.53 Å². The third kappa shape index (κ3) is 3.70. The Morgan fingerprint density at radius 3 is 2.81 bits per heavy atom. The average Bonchev–Trinajstić information content (AvgIpc) is 2.74. The summed E-state index contributed by atoms with van der Waals surface area (Å²) >= 11 is 0. The predicted octanol–water partition coefficient (Wildman–Crippen LogP) is 4.08. The lowest BCUT2D eigenvalue weighted by atomic mass is 9.84. The van der Waals surface area contributed by atoms with Gasteiger partial charge in [-0.1, -0.05) is 43.0 Å². The zero-order chi connectivity index (χ0) is 18.6. The number of allylic oxidation sites excluding steroid dienone is 1. The summed E-state index contributed by atoms with van der Waals surface area (Å²) in [4.78, 5) is 18.4. The van der Waals surface area contributed by atoms with E-state index < -0.39 is 0 Å². The van der Waals surface area contributed by atoms with E-state index in [9.17, 15) is 4.79 Å². The molecule has 0 fully saturated rings. The Morgan fingerprint density at radius 2 is 2.07 bits per heavy atom. The van der Waals surface area contributed by atoms with Crippen molar-refractivity contribution >= 4 is 12.1 Å². The predicted molar refractivity (Wildman–Crippen MR) is 107 cm³/mol. The summed E-state index contributed by atoms with van der Waals surface area (Å²) in [6.07, 6.45) is 6.13. The first kappa shape index (κ1) is 17.3. The molecule has 0 saturated heterocycles. The van der Waals surface area contributed by atoms with Crippen LogP contribution in [0.4, 0.5) is 0 Å². The van der Waals surface area contributed by atoms with E-state index in [0.29, 0.717) is 13.1 Å². The van der Waals surface area contributed by atoms with Crippen LogP contribution in [0.1, 0.15) is 29.0 Å². The molecule has 2 heterocycles. The maximum Gasteiger partial charge on any atom is 0.246 e. The number of benzene rings is 2. The van der Waals surface area contributed by atoms with Gasteiger partial charge in [0.05, 0.1) is 6.21 Å². The van der Waals surface area contributed by atoms with E-state index in [2.05, 4.69) is 41.9 Å². The number of hydrogen-bond donors (Lipinski definition) is 0. The Kier molecular flexibility index (Phi) is 4.88. The van der Waals surface area contributed by atoms with Crippen molar-refractivity contribution in [1.29, 1.82) is 0 Å². The number of fused-ring (bicyclic) bond motifs is 1. The summed E-state index contributed by atoms with van der Waals surface area (Å²) in [6, 6.07) is 16.4. The molecule has 4 heteroatoms. The lowest BCUT2D eigenvalue weighted by Crippen LogP contribution is -2.37. The molecule has 0 N–H and O–H groups in total. The second-order valence-corrected chi connectivity index (χ2v) is 6.78. The van der Waals surface area contributed by atoms with Gasteiger partial charge in [0.1, 0.15) is 11.5 Å². The van der Waals surface area contributed by atoms with Crippen LogP contribution in [0, 0.1) is 0 Å². The summed E-state index contributed by atoms with van der Waals surface area (Å²) in [6.45, 7) is 5.68. The highest BCUT2D eigenvalue weighted by atomic mass is 16.5. The van der Waals surface area contributed by atoms with Gasteiger partial charge < -0.3 is 9.64 Å². The molecule has 2 aliphatic rings. The number of rotatable bonds is 4. The van der Waals surface area contributed by atoms with Crippen molar-refractivity contribution in [2.24, 2.45) is 4.99 Å². The Hall–Kier alpha value is -3.14. The van der Waals surface area contributed by atoms with E-state index in [1.54, 1.807) is 6.21 Å². The number of carbonyl (C=O) groups excluding carboxylic acids is 1. The summed E-state index contributed by atoms with van der Waals surface area (Å²) in [7, 11) is 0. The van der Waals surface area contributed by atoms with Gasteiger partial charge >= 0.3 is 0 Å². The van der Waals surface area contributed by atoms with Crippen molar-refractivity contribution in [1.82, 2.24) is 4.90 Å². The summed E-state index contributed by atoms with van der Waals surface area (Å²) in [5, 5.41) is 0. The van der Waals surface area contributed by atoms with Crippen molar-refractivity contribution in [3.63, 3.8) is 0 Å².